The standard InChI is InChI=1S/C16H23NO4S/c1-3-22-11-9-14(16(19)20)17-15(18)8-10-21-13-6-4-12(2)5-7-13/h4-7,14H,3,8-11H2,1-2H3,(H,17,18)(H,19,20). The van der Waals surface area contributed by atoms with E-state index >= 15 is 0 Å². The lowest BCUT2D eigenvalue weighted by molar-refractivity contribution is -0.141. The molecule has 0 radical (unpaired) electrons. The number of amides is 1. The van der Waals surface area contributed by atoms with Gasteiger partial charge >= 0.3 is 5.97 Å². The van der Waals surface area contributed by atoms with Crippen LogP contribution in [0.4, 0.5) is 0 Å². The first kappa shape index (κ1) is 18.4. The molecule has 0 saturated carbocycles. The lowest BCUT2D eigenvalue weighted by atomic mass is 10.2. The zero-order chi connectivity index (χ0) is 16.4. The van der Waals surface area contributed by atoms with Crippen LogP contribution >= 0.6 is 11.8 Å². The number of aryl methyl sites for hydroxylation is 1. The summed E-state index contributed by atoms with van der Waals surface area (Å²) in [6.07, 6.45) is 0.566. The molecule has 1 rings (SSSR count). The molecule has 0 aliphatic carbocycles. The Bertz CT molecular complexity index is 476. The van der Waals surface area contributed by atoms with Crippen molar-refractivity contribution in [3.8, 4) is 5.75 Å². The van der Waals surface area contributed by atoms with Crippen LogP contribution in [0.5, 0.6) is 5.75 Å². The first-order chi connectivity index (χ1) is 10.5. The number of ether oxygens (including phenoxy) is 1. The molecule has 0 aromatic heterocycles. The molecular weight excluding hydrogens is 302 g/mol. The van der Waals surface area contributed by atoms with Gasteiger partial charge in [0.1, 0.15) is 11.8 Å². The van der Waals surface area contributed by atoms with Gasteiger partial charge in [0.2, 0.25) is 5.91 Å². The molecule has 1 aromatic carbocycles. The number of carboxylic acids is 1. The molecule has 0 spiro atoms. The molecule has 1 aromatic rings. The smallest absolute Gasteiger partial charge is 0.326 e. The molecule has 1 atom stereocenters. The van der Waals surface area contributed by atoms with Gasteiger partial charge in [0.05, 0.1) is 13.0 Å². The first-order valence-electron chi connectivity index (χ1n) is 7.32. The molecule has 1 amide bonds. The molecule has 2 N–H and O–H groups in total. The van der Waals surface area contributed by atoms with Crippen molar-refractivity contribution < 1.29 is 19.4 Å². The van der Waals surface area contributed by atoms with Gasteiger partial charge in [0.25, 0.3) is 0 Å². The minimum atomic E-state index is -0.996. The van der Waals surface area contributed by atoms with Crippen LogP contribution in [-0.4, -0.2) is 41.1 Å². The maximum absolute atomic E-state index is 11.8. The number of rotatable bonds is 10. The second-order valence-electron chi connectivity index (χ2n) is 4.86. The maximum atomic E-state index is 11.8. The zero-order valence-electron chi connectivity index (χ0n) is 13.0. The van der Waals surface area contributed by atoms with Crippen molar-refractivity contribution in [3.05, 3.63) is 29.8 Å². The summed E-state index contributed by atoms with van der Waals surface area (Å²) in [7, 11) is 0. The average Bonchev–Trinajstić information content (AvgIpc) is 2.48. The van der Waals surface area contributed by atoms with Gasteiger partial charge in [-0.15, -0.1) is 0 Å². The van der Waals surface area contributed by atoms with E-state index in [2.05, 4.69) is 5.32 Å². The van der Waals surface area contributed by atoms with Gasteiger partial charge in [-0.05, 0) is 37.0 Å². The van der Waals surface area contributed by atoms with Crippen LogP contribution in [0.15, 0.2) is 24.3 Å². The highest BCUT2D eigenvalue weighted by molar-refractivity contribution is 7.99. The highest BCUT2D eigenvalue weighted by atomic mass is 32.2. The first-order valence-corrected chi connectivity index (χ1v) is 8.47. The van der Waals surface area contributed by atoms with Crippen LogP contribution in [0.1, 0.15) is 25.3 Å². The SMILES string of the molecule is CCSCCC(NC(=O)CCOc1ccc(C)cc1)C(=O)O. The highest BCUT2D eigenvalue weighted by Crippen LogP contribution is 2.11. The van der Waals surface area contributed by atoms with Crippen molar-refractivity contribution in [3.63, 3.8) is 0 Å². The van der Waals surface area contributed by atoms with E-state index in [0.29, 0.717) is 17.9 Å². The summed E-state index contributed by atoms with van der Waals surface area (Å²) >= 11 is 1.66. The normalized spacial score (nSPS) is 11.7. The molecule has 22 heavy (non-hydrogen) atoms. The third kappa shape index (κ3) is 7.36. The monoisotopic (exact) mass is 325 g/mol. The number of carbonyl (C=O) groups excluding carboxylic acids is 1. The fraction of sp³-hybridized carbons (Fsp3) is 0.500. The van der Waals surface area contributed by atoms with Crippen LogP contribution in [-0.2, 0) is 9.59 Å². The Morgan fingerprint density at radius 3 is 2.59 bits per heavy atom. The minimum absolute atomic E-state index is 0.137. The minimum Gasteiger partial charge on any atom is -0.493 e. The molecule has 0 aliphatic rings. The Labute approximate surface area is 135 Å². The van der Waals surface area contributed by atoms with Crippen molar-refractivity contribution >= 4 is 23.6 Å². The maximum Gasteiger partial charge on any atom is 0.326 e. The van der Waals surface area contributed by atoms with E-state index in [4.69, 9.17) is 9.84 Å². The van der Waals surface area contributed by atoms with Crippen LogP contribution in [0, 0.1) is 6.92 Å². The summed E-state index contributed by atoms with van der Waals surface area (Å²) in [6.45, 7) is 4.23. The van der Waals surface area contributed by atoms with E-state index in [9.17, 15) is 9.59 Å². The van der Waals surface area contributed by atoms with E-state index in [1.54, 1.807) is 11.8 Å². The van der Waals surface area contributed by atoms with Crippen LogP contribution in [0.25, 0.3) is 0 Å². The van der Waals surface area contributed by atoms with Crippen molar-refractivity contribution in [2.45, 2.75) is 32.7 Å². The molecule has 1 unspecified atom stereocenters. The van der Waals surface area contributed by atoms with Crippen LogP contribution in [0.3, 0.4) is 0 Å². The second-order valence-corrected chi connectivity index (χ2v) is 6.25. The van der Waals surface area contributed by atoms with Crippen LogP contribution < -0.4 is 10.1 Å². The summed E-state index contributed by atoms with van der Waals surface area (Å²) in [5.74, 6) is 1.05. The number of hydrogen-bond donors (Lipinski definition) is 2. The van der Waals surface area contributed by atoms with E-state index in [-0.39, 0.29) is 18.9 Å². The predicted molar refractivity (Wildman–Crippen MR) is 88.5 cm³/mol. The Balaban J connectivity index is 2.30. The van der Waals surface area contributed by atoms with Gasteiger partial charge in [-0.2, -0.15) is 11.8 Å². The Kier molecular flexibility index (Phi) is 8.43. The topological polar surface area (TPSA) is 75.6 Å². The highest BCUT2D eigenvalue weighted by Gasteiger charge is 2.19. The number of hydrogen-bond acceptors (Lipinski definition) is 4. The number of aliphatic carboxylic acids is 1. The summed E-state index contributed by atoms with van der Waals surface area (Å²) in [5, 5.41) is 11.6. The third-order valence-electron chi connectivity index (χ3n) is 3.01. The number of benzene rings is 1. The fourth-order valence-electron chi connectivity index (χ4n) is 1.77. The van der Waals surface area contributed by atoms with Gasteiger partial charge in [0.15, 0.2) is 0 Å². The molecule has 0 heterocycles. The number of nitrogens with one attached hydrogen (secondary N) is 1. The molecule has 0 bridgehead atoms. The predicted octanol–water partition coefficient (Wildman–Crippen LogP) is 2.48. The van der Waals surface area contributed by atoms with Crippen molar-refractivity contribution in [2.24, 2.45) is 0 Å². The molecule has 0 saturated heterocycles. The molecular formula is C16H23NO4S. The molecule has 5 nitrogen and oxygen atoms in total. The fourth-order valence-corrected chi connectivity index (χ4v) is 2.46. The van der Waals surface area contributed by atoms with E-state index in [0.717, 1.165) is 11.3 Å². The van der Waals surface area contributed by atoms with E-state index in [1.165, 1.54) is 0 Å². The summed E-state index contributed by atoms with van der Waals surface area (Å²) in [6, 6.07) is 6.72. The third-order valence-corrected chi connectivity index (χ3v) is 3.94. The van der Waals surface area contributed by atoms with Crippen molar-refractivity contribution in [1.82, 2.24) is 5.32 Å². The van der Waals surface area contributed by atoms with Gasteiger partial charge in [-0.1, -0.05) is 24.6 Å². The summed E-state index contributed by atoms with van der Waals surface area (Å²) in [5.41, 5.74) is 1.14. The Morgan fingerprint density at radius 2 is 2.00 bits per heavy atom. The van der Waals surface area contributed by atoms with Crippen molar-refractivity contribution in [2.75, 3.05) is 18.1 Å². The molecule has 122 valence electrons. The average molecular weight is 325 g/mol. The van der Waals surface area contributed by atoms with Gasteiger partial charge in [-0.3, -0.25) is 4.79 Å². The van der Waals surface area contributed by atoms with Crippen LogP contribution in [0.2, 0.25) is 0 Å². The van der Waals surface area contributed by atoms with Gasteiger partial charge in [-0.25, -0.2) is 4.79 Å². The van der Waals surface area contributed by atoms with Crippen molar-refractivity contribution in [1.29, 1.82) is 0 Å². The molecule has 6 heteroatoms. The Morgan fingerprint density at radius 1 is 1.32 bits per heavy atom. The second kappa shape index (κ2) is 10.1. The number of carbonyl (C=O) groups is 2. The quantitative estimate of drug-likeness (QED) is 0.646. The van der Waals surface area contributed by atoms with E-state index < -0.39 is 12.0 Å². The van der Waals surface area contributed by atoms with Gasteiger partial charge in [0, 0.05) is 0 Å². The van der Waals surface area contributed by atoms with Gasteiger partial charge < -0.3 is 15.2 Å². The largest absolute Gasteiger partial charge is 0.493 e. The molecule has 0 aliphatic heterocycles. The van der Waals surface area contributed by atoms with E-state index in [1.807, 2.05) is 38.1 Å². The summed E-state index contributed by atoms with van der Waals surface area (Å²) in [4.78, 5) is 22.9. The summed E-state index contributed by atoms with van der Waals surface area (Å²) < 4.78 is 5.46. The Hall–Kier alpha value is -1.69. The lowest BCUT2D eigenvalue weighted by Gasteiger charge is -2.14. The zero-order valence-corrected chi connectivity index (χ0v) is 13.8. The number of carboxylic acid groups (broad SMARTS) is 1. The molecule has 0 fully saturated rings. The number of thioether (sulfide) groups is 1. The lowest BCUT2D eigenvalue weighted by Crippen LogP contribution is -2.41.